The molecule has 0 saturated carbocycles. The maximum atomic E-state index is 3.49. The van der Waals surface area contributed by atoms with Crippen molar-refractivity contribution in [3.05, 3.63) is 6.92 Å². The second kappa shape index (κ2) is 34.0. The Morgan fingerprint density at radius 2 is 1.14 bits per heavy atom. The van der Waals surface area contributed by atoms with Crippen LogP contribution in [0.5, 0.6) is 0 Å². The maximum Gasteiger partial charge on any atom is 1.00 e. The molecule has 0 bridgehead atoms. The summed E-state index contributed by atoms with van der Waals surface area (Å²) < 4.78 is 0. The zero-order valence-electron chi connectivity index (χ0n) is 5.17. The van der Waals surface area contributed by atoms with E-state index < -0.39 is 0 Å². The first kappa shape index (κ1) is 31.4. The molecule has 0 aliphatic heterocycles. The summed E-state index contributed by atoms with van der Waals surface area (Å²) in [5.74, 6) is 0. The molecule has 0 aromatic rings. The molecule has 0 amide bonds. The van der Waals surface area contributed by atoms with Gasteiger partial charge in [-0.15, -0.1) is 0 Å². The summed E-state index contributed by atoms with van der Waals surface area (Å²) in [4.78, 5) is 0. The van der Waals surface area contributed by atoms with Crippen LogP contribution in [0.2, 0.25) is 0 Å². The van der Waals surface area contributed by atoms with Gasteiger partial charge in [0.25, 0.3) is 0 Å². The first-order chi connectivity index (χ1) is 1.41. The van der Waals surface area contributed by atoms with Gasteiger partial charge in [0.1, 0.15) is 0 Å². The van der Waals surface area contributed by atoms with Crippen molar-refractivity contribution in [3.63, 3.8) is 0 Å². The van der Waals surface area contributed by atoms with E-state index in [0.29, 0.717) is 0 Å². The molecule has 35 valence electrons. The first-order valence-electron chi connectivity index (χ1n) is 1.21. The Labute approximate surface area is 125 Å². The van der Waals surface area contributed by atoms with Crippen LogP contribution in [0.25, 0.3) is 0 Å². The Hall–Kier alpha value is 3.46. The van der Waals surface area contributed by atoms with Gasteiger partial charge in [0.05, 0.1) is 0 Å². The summed E-state index contributed by atoms with van der Waals surface area (Å²) in [5.41, 5.74) is 0. The molecule has 0 rings (SSSR count). The smallest absolute Gasteiger partial charge is 1.00 e. The molecular formula is C3H7I2Na2. The van der Waals surface area contributed by atoms with Gasteiger partial charge in [-0.1, -0.05) is 20.3 Å². The fraction of sp³-hybridized carbons (Fsp3) is 0.667. The molecule has 0 atom stereocenters. The summed E-state index contributed by atoms with van der Waals surface area (Å²) in [6.07, 6.45) is 1.00. The van der Waals surface area contributed by atoms with Crippen LogP contribution in [0.4, 0.5) is 0 Å². The summed E-state index contributed by atoms with van der Waals surface area (Å²) >= 11 is 0. The largest absolute Gasteiger partial charge is 1.00 e. The minimum Gasteiger partial charge on any atom is -1.00 e. The van der Waals surface area contributed by atoms with E-state index in [2.05, 4.69) is 6.92 Å². The fourth-order valence-corrected chi connectivity index (χ4v) is 0. The Morgan fingerprint density at radius 1 is 1.14 bits per heavy atom. The van der Waals surface area contributed by atoms with Crippen LogP contribution in [0.1, 0.15) is 13.3 Å². The van der Waals surface area contributed by atoms with Gasteiger partial charge in [-0.25, -0.2) is 0 Å². The summed E-state index contributed by atoms with van der Waals surface area (Å²) in [5, 5.41) is 0. The van der Waals surface area contributed by atoms with Crippen LogP contribution in [-0.2, 0) is 0 Å². The van der Waals surface area contributed by atoms with Crippen molar-refractivity contribution in [1.82, 2.24) is 0 Å². The molecule has 0 aromatic carbocycles. The summed E-state index contributed by atoms with van der Waals surface area (Å²) in [6, 6.07) is 0. The maximum absolute atomic E-state index is 3.49. The monoisotopic (exact) mass is 343 g/mol. The van der Waals surface area contributed by atoms with E-state index in [9.17, 15) is 0 Å². The van der Waals surface area contributed by atoms with Crippen molar-refractivity contribution in [3.8, 4) is 0 Å². The molecule has 0 saturated heterocycles. The van der Waals surface area contributed by atoms with Crippen LogP contribution in [0.3, 0.4) is 0 Å². The van der Waals surface area contributed by atoms with E-state index in [0.717, 1.165) is 6.42 Å². The van der Waals surface area contributed by atoms with Gasteiger partial charge in [0.15, 0.2) is 0 Å². The molecule has 7 heavy (non-hydrogen) atoms. The molecule has 1 radical (unpaired) electrons. The second-order valence-corrected chi connectivity index (χ2v) is 0.500. The average molecular weight is 343 g/mol. The van der Waals surface area contributed by atoms with E-state index in [1.165, 1.54) is 0 Å². The Bertz CT molecular complexity index is 10.9. The van der Waals surface area contributed by atoms with Gasteiger partial charge in [-0.05, 0) is 0 Å². The number of hydrogen-bond donors (Lipinski definition) is 0. The average Bonchev–Trinajstić information content (AvgIpc) is 0.918. The molecule has 0 spiro atoms. The number of rotatable bonds is 0. The normalized spacial score (nSPS) is 2.57. The van der Waals surface area contributed by atoms with E-state index in [1.807, 2.05) is 6.92 Å². The van der Waals surface area contributed by atoms with Crippen LogP contribution in [0, 0.1) is 6.92 Å². The Morgan fingerprint density at radius 3 is 1.14 bits per heavy atom. The molecule has 0 unspecified atom stereocenters. The van der Waals surface area contributed by atoms with Crippen LogP contribution in [0.15, 0.2) is 0 Å². The molecular weight excluding hydrogens is 336 g/mol. The van der Waals surface area contributed by atoms with Gasteiger partial charge in [-0.3, -0.25) is 0 Å². The van der Waals surface area contributed by atoms with Crippen molar-refractivity contribution in [2.24, 2.45) is 0 Å². The number of hydrogen-bond acceptors (Lipinski definition) is 0. The Balaban J connectivity index is -0.00000000333. The van der Waals surface area contributed by atoms with Crippen molar-refractivity contribution < 1.29 is 107 Å². The fourth-order valence-electron chi connectivity index (χ4n) is 0. The van der Waals surface area contributed by atoms with Crippen molar-refractivity contribution in [2.45, 2.75) is 13.3 Å². The third-order valence-corrected chi connectivity index (χ3v) is 0. The predicted octanol–water partition coefficient (Wildman–Crippen LogP) is -10.8. The third-order valence-electron chi connectivity index (χ3n) is 0. The predicted molar refractivity (Wildman–Crippen MR) is 15.6 cm³/mol. The standard InChI is InChI=1S/C3H7.2HI.2Na/c1-3-2;;;;/h1,3H2,2H3;2*1H;;/q;;;2*+1/p-2. The van der Waals surface area contributed by atoms with Crippen LogP contribution >= 0.6 is 0 Å². The molecule has 0 nitrogen and oxygen atoms in total. The van der Waals surface area contributed by atoms with Gasteiger partial charge in [-0.2, -0.15) is 0 Å². The molecule has 0 N–H and O–H groups in total. The van der Waals surface area contributed by atoms with Gasteiger partial charge >= 0.3 is 59.1 Å². The van der Waals surface area contributed by atoms with Crippen molar-refractivity contribution >= 4 is 0 Å². The zero-order chi connectivity index (χ0) is 2.71. The van der Waals surface area contributed by atoms with Crippen molar-refractivity contribution in [2.75, 3.05) is 0 Å². The van der Waals surface area contributed by atoms with E-state index in [1.54, 1.807) is 0 Å². The van der Waals surface area contributed by atoms with Crippen LogP contribution < -0.4 is 107 Å². The van der Waals surface area contributed by atoms with E-state index in [-0.39, 0.29) is 107 Å². The van der Waals surface area contributed by atoms with Crippen LogP contribution in [-0.4, -0.2) is 0 Å². The van der Waals surface area contributed by atoms with Gasteiger partial charge < -0.3 is 48.0 Å². The van der Waals surface area contributed by atoms with E-state index in [4.69, 9.17) is 0 Å². The SMILES string of the molecule is [CH2]CC.[I-].[I-].[Na+].[Na+]. The first-order valence-corrected chi connectivity index (χ1v) is 1.21. The quantitative estimate of drug-likeness (QED) is 0.303. The molecule has 0 aliphatic carbocycles. The molecule has 0 aliphatic rings. The second-order valence-electron chi connectivity index (χ2n) is 0.500. The van der Waals surface area contributed by atoms with Gasteiger partial charge in [0, 0.05) is 0 Å². The molecule has 4 heteroatoms. The molecule has 0 fully saturated rings. The summed E-state index contributed by atoms with van der Waals surface area (Å²) in [6.45, 7) is 5.50. The Kier molecular flexibility index (Phi) is 153. The number of halogens is 2. The molecule has 0 heterocycles. The third kappa shape index (κ3) is 44.0. The van der Waals surface area contributed by atoms with Gasteiger partial charge in [0.2, 0.25) is 0 Å². The zero-order valence-corrected chi connectivity index (χ0v) is 13.5. The topological polar surface area (TPSA) is 0 Å². The summed E-state index contributed by atoms with van der Waals surface area (Å²) in [7, 11) is 0. The van der Waals surface area contributed by atoms with E-state index >= 15 is 0 Å². The molecule has 0 aromatic heterocycles. The minimum absolute atomic E-state index is 0. The van der Waals surface area contributed by atoms with Crippen molar-refractivity contribution in [1.29, 1.82) is 0 Å². The minimum atomic E-state index is 0.